The fraction of sp³-hybridized carbons (Fsp3) is 0.222. The molecule has 0 spiro atoms. The SMILES string of the molecule is C=CC(=N/C=C\C)C(=C)C. The highest BCUT2D eigenvalue weighted by Gasteiger charge is 1.88. The molecule has 0 radical (unpaired) electrons. The third kappa shape index (κ3) is 3.02. The summed E-state index contributed by atoms with van der Waals surface area (Å²) in [5.74, 6) is 0. The third-order valence-corrected chi connectivity index (χ3v) is 0.993. The van der Waals surface area contributed by atoms with Crippen LogP contribution in [0.15, 0.2) is 42.1 Å². The summed E-state index contributed by atoms with van der Waals surface area (Å²) in [4.78, 5) is 4.08. The van der Waals surface area contributed by atoms with Gasteiger partial charge in [0.1, 0.15) is 0 Å². The van der Waals surface area contributed by atoms with E-state index in [2.05, 4.69) is 18.2 Å². The standard InChI is InChI=1S/C9H13N/c1-5-7-10-9(6-2)8(3)4/h5-7H,2-3H2,1,4H3/b7-5-,10-9?. The quantitative estimate of drug-likeness (QED) is 0.527. The lowest BCUT2D eigenvalue weighted by Crippen LogP contribution is -1.91. The molecular weight excluding hydrogens is 122 g/mol. The molecule has 0 fully saturated rings. The molecule has 1 heteroatoms. The normalized spacial score (nSPS) is 12.0. The van der Waals surface area contributed by atoms with Crippen LogP contribution in [-0.2, 0) is 0 Å². The molecule has 0 atom stereocenters. The summed E-state index contributed by atoms with van der Waals surface area (Å²) in [6.07, 6.45) is 5.29. The van der Waals surface area contributed by atoms with E-state index < -0.39 is 0 Å². The van der Waals surface area contributed by atoms with Crippen LogP contribution in [0.25, 0.3) is 0 Å². The molecule has 0 aliphatic rings. The maximum Gasteiger partial charge on any atom is 0.0646 e. The van der Waals surface area contributed by atoms with Crippen molar-refractivity contribution in [3.8, 4) is 0 Å². The Labute approximate surface area is 62.5 Å². The minimum atomic E-state index is 0.845. The lowest BCUT2D eigenvalue weighted by molar-refractivity contribution is 1.49. The van der Waals surface area contributed by atoms with Crippen LogP contribution in [0.1, 0.15) is 13.8 Å². The molecule has 0 aromatic carbocycles. The van der Waals surface area contributed by atoms with E-state index in [9.17, 15) is 0 Å². The summed E-state index contributed by atoms with van der Waals surface area (Å²) in [7, 11) is 0. The highest BCUT2D eigenvalue weighted by Crippen LogP contribution is 1.94. The maximum absolute atomic E-state index is 4.08. The molecule has 54 valence electrons. The minimum absolute atomic E-state index is 0.845. The molecule has 0 N–H and O–H groups in total. The zero-order valence-electron chi connectivity index (χ0n) is 6.59. The van der Waals surface area contributed by atoms with Crippen molar-refractivity contribution in [2.75, 3.05) is 0 Å². The number of nitrogens with zero attached hydrogens (tertiary/aromatic N) is 1. The van der Waals surface area contributed by atoms with E-state index in [0.717, 1.165) is 11.3 Å². The first kappa shape index (κ1) is 8.89. The highest BCUT2D eigenvalue weighted by atomic mass is 14.7. The topological polar surface area (TPSA) is 12.4 Å². The molecular formula is C9H13N. The summed E-state index contributed by atoms with van der Waals surface area (Å²) in [5.41, 5.74) is 1.78. The summed E-state index contributed by atoms with van der Waals surface area (Å²) in [5, 5.41) is 0. The van der Waals surface area contributed by atoms with Crippen molar-refractivity contribution < 1.29 is 0 Å². The summed E-state index contributed by atoms with van der Waals surface area (Å²) < 4.78 is 0. The van der Waals surface area contributed by atoms with E-state index >= 15 is 0 Å². The number of allylic oxidation sites excluding steroid dienone is 3. The smallest absolute Gasteiger partial charge is 0.0646 e. The van der Waals surface area contributed by atoms with Gasteiger partial charge < -0.3 is 0 Å². The lowest BCUT2D eigenvalue weighted by atomic mass is 10.2. The van der Waals surface area contributed by atoms with Crippen molar-refractivity contribution in [1.82, 2.24) is 0 Å². The van der Waals surface area contributed by atoms with Gasteiger partial charge in [-0.15, -0.1) is 0 Å². The summed E-state index contributed by atoms with van der Waals surface area (Å²) >= 11 is 0. The first-order chi connectivity index (χ1) is 4.72. The van der Waals surface area contributed by atoms with Gasteiger partial charge in [-0.3, -0.25) is 4.99 Å². The lowest BCUT2D eigenvalue weighted by Gasteiger charge is -1.93. The number of hydrogen-bond donors (Lipinski definition) is 0. The van der Waals surface area contributed by atoms with Gasteiger partial charge in [-0.1, -0.05) is 19.2 Å². The molecule has 1 nitrogen and oxygen atoms in total. The summed E-state index contributed by atoms with van der Waals surface area (Å²) in [6.45, 7) is 11.2. The minimum Gasteiger partial charge on any atom is -0.257 e. The van der Waals surface area contributed by atoms with E-state index in [-0.39, 0.29) is 0 Å². The van der Waals surface area contributed by atoms with Crippen LogP contribution in [0.4, 0.5) is 0 Å². The number of aliphatic imine (C=N–C) groups is 1. The van der Waals surface area contributed by atoms with Gasteiger partial charge in [-0.05, 0) is 25.5 Å². The van der Waals surface area contributed by atoms with E-state index in [1.54, 1.807) is 12.3 Å². The van der Waals surface area contributed by atoms with E-state index in [1.165, 1.54) is 0 Å². The second kappa shape index (κ2) is 4.74. The molecule has 10 heavy (non-hydrogen) atoms. The monoisotopic (exact) mass is 135 g/mol. The average Bonchev–Trinajstić information content (AvgIpc) is 1.89. The predicted octanol–water partition coefficient (Wildman–Crippen LogP) is 2.72. The second-order valence-corrected chi connectivity index (χ2v) is 1.98. The Morgan fingerprint density at radius 1 is 1.50 bits per heavy atom. The van der Waals surface area contributed by atoms with Gasteiger partial charge >= 0.3 is 0 Å². The predicted molar refractivity (Wildman–Crippen MR) is 47.3 cm³/mol. The van der Waals surface area contributed by atoms with E-state index in [4.69, 9.17) is 0 Å². The molecule has 0 aliphatic heterocycles. The zero-order valence-corrected chi connectivity index (χ0v) is 6.59. The van der Waals surface area contributed by atoms with Crippen LogP contribution < -0.4 is 0 Å². The molecule has 0 bridgehead atoms. The number of rotatable bonds is 3. The van der Waals surface area contributed by atoms with Crippen molar-refractivity contribution in [1.29, 1.82) is 0 Å². The van der Waals surface area contributed by atoms with Crippen LogP contribution in [-0.4, -0.2) is 5.71 Å². The third-order valence-electron chi connectivity index (χ3n) is 0.993. The van der Waals surface area contributed by atoms with Gasteiger partial charge in [0.05, 0.1) is 5.71 Å². The van der Waals surface area contributed by atoms with Crippen LogP contribution in [0.5, 0.6) is 0 Å². The second-order valence-electron chi connectivity index (χ2n) is 1.98. The molecule has 0 unspecified atom stereocenters. The molecule has 0 aliphatic carbocycles. The fourth-order valence-electron chi connectivity index (χ4n) is 0.492. The maximum atomic E-state index is 4.08. The molecule has 0 heterocycles. The van der Waals surface area contributed by atoms with Gasteiger partial charge in [0, 0.05) is 6.20 Å². The Bertz CT molecular complexity index is 185. The van der Waals surface area contributed by atoms with Crippen molar-refractivity contribution in [2.24, 2.45) is 4.99 Å². The van der Waals surface area contributed by atoms with Crippen LogP contribution in [0, 0.1) is 0 Å². The van der Waals surface area contributed by atoms with Gasteiger partial charge in [-0.25, -0.2) is 0 Å². The highest BCUT2D eigenvalue weighted by molar-refractivity contribution is 6.07. The van der Waals surface area contributed by atoms with Crippen molar-refractivity contribution in [3.63, 3.8) is 0 Å². The first-order valence-electron chi connectivity index (χ1n) is 3.19. The molecule has 0 amide bonds. The molecule has 0 rings (SSSR count). The van der Waals surface area contributed by atoms with Crippen molar-refractivity contribution >= 4 is 5.71 Å². The Kier molecular flexibility index (Phi) is 4.21. The number of hydrogen-bond acceptors (Lipinski definition) is 1. The Hall–Kier alpha value is -1.11. The summed E-state index contributed by atoms with van der Waals surface area (Å²) in [6, 6.07) is 0. The first-order valence-corrected chi connectivity index (χ1v) is 3.19. The fourth-order valence-corrected chi connectivity index (χ4v) is 0.492. The van der Waals surface area contributed by atoms with Crippen LogP contribution in [0.3, 0.4) is 0 Å². The average molecular weight is 135 g/mol. The van der Waals surface area contributed by atoms with Crippen molar-refractivity contribution in [3.05, 3.63) is 37.1 Å². The largest absolute Gasteiger partial charge is 0.257 e. The van der Waals surface area contributed by atoms with Gasteiger partial charge in [0.15, 0.2) is 0 Å². The Morgan fingerprint density at radius 2 is 2.10 bits per heavy atom. The molecule has 0 aromatic heterocycles. The van der Waals surface area contributed by atoms with E-state index in [0.29, 0.717) is 0 Å². The van der Waals surface area contributed by atoms with Gasteiger partial charge in [-0.2, -0.15) is 0 Å². The van der Waals surface area contributed by atoms with Gasteiger partial charge in [0.25, 0.3) is 0 Å². The molecule has 0 saturated heterocycles. The van der Waals surface area contributed by atoms with Crippen LogP contribution in [0.2, 0.25) is 0 Å². The van der Waals surface area contributed by atoms with Crippen LogP contribution >= 0.6 is 0 Å². The Morgan fingerprint density at radius 3 is 2.40 bits per heavy atom. The zero-order chi connectivity index (χ0) is 7.98. The molecule has 0 aromatic rings. The van der Waals surface area contributed by atoms with E-state index in [1.807, 2.05) is 19.9 Å². The van der Waals surface area contributed by atoms with Gasteiger partial charge in [0.2, 0.25) is 0 Å². The Balaban J connectivity index is 4.33. The van der Waals surface area contributed by atoms with Crippen molar-refractivity contribution in [2.45, 2.75) is 13.8 Å². The molecule has 0 saturated carbocycles.